The molecule has 0 saturated carbocycles. The van der Waals surface area contributed by atoms with Crippen molar-refractivity contribution < 1.29 is 37.3 Å². The molecule has 2 aliphatic heterocycles. The number of likely N-dealkylation sites (tertiary alicyclic amines) is 1. The van der Waals surface area contributed by atoms with Crippen LogP contribution in [0.25, 0.3) is 0 Å². The average Bonchev–Trinajstić information content (AvgIpc) is 3.39. The van der Waals surface area contributed by atoms with Crippen molar-refractivity contribution in [3.05, 3.63) is 59.2 Å². The Morgan fingerprint density at radius 2 is 1.64 bits per heavy atom. The average molecular weight is 507 g/mol. The third-order valence-corrected chi connectivity index (χ3v) is 6.40. The van der Waals surface area contributed by atoms with E-state index >= 15 is 0 Å². The van der Waals surface area contributed by atoms with E-state index in [9.17, 15) is 27.9 Å². The van der Waals surface area contributed by atoms with Gasteiger partial charge in [0.05, 0.1) is 11.6 Å². The van der Waals surface area contributed by atoms with E-state index in [0.29, 0.717) is 36.8 Å². The molecular formula is C26H29F3N2O5. The van der Waals surface area contributed by atoms with Crippen molar-refractivity contribution in [1.29, 1.82) is 0 Å². The van der Waals surface area contributed by atoms with E-state index in [0.717, 1.165) is 50.2 Å². The number of ether oxygens (including phenoxy) is 2. The summed E-state index contributed by atoms with van der Waals surface area (Å²) >= 11 is 0. The molecule has 2 aliphatic rings. The van der Waals surface area contributed by atoms with Gasteiger partial charge in [-0.05, 0) is 55.8 Å². The van der Waals surface area contributed by atoms with Crippen molar-refractivity contribution in [2.45, 2.75) is 44.0 Å². The molecular weight excluding hydrogens is 477 g/mol. The number of amides is 1. The number of aliphatic hydroxyl groups excluding tert-OH is 1. The van der Waals surface area contributed by atoms with Gasteiger partial charge >= 0.3 is 6.18 Å². The maximum absolute atomic E-state index is 12.7. The van der Waals surface area contributed by atoms with Crippen LogP contribution in [0.3, 0.4) is 0 Å². The normalized spacial score (nSPS) is 17.4. The minimum absolute atomic E-state index is 0.112. The summed E-state index contributed by atoms with van der Waals surface area (Å²) in [5, 5.41) is 14.0. The first-order valence-corrected chi connectivity index (χ1v) is 12.0. The highest BCUT2D eigenvalue weighted by Gasteiger charge is 2.31. The van der Waals surface area contributed by atoms with Crippen molar-refractivity contribution in [1.82, 2.24) is 10.2 Å². The second-order valence-corrected chi connectivity index (χ2v) is 9.03. The van der Waals surface area contributed by atoms with Gasteiger partial charge in [-0.25, -0.2) is 0 Å². The molecule has 0 aromatic heterocycles. The summed E-state index contributed by atoms with van der Waals surface area (Å²) < 4.78 is 49.4. The molecule has 2 N–H and O–H groups in total. The summed E-state index contributed by atoms with van der Waals surface area (Å²) in [7, 11) is 0. The summed E-state index contributed by atoms with van der Waals surface area (Å²) in [5.41, 5.74) is -0.153. The summed E-state index contributed by atoms with van der Waals surface area (Å²) in [6.07, 6.45) is -3.72. The number of fused-ring (bicyclic) bond motifs is 1. The lowest BCUT2D eigenvalue weighted by molar-refractivity contribution is -0.137. The number of halogens is 3. The molecule has 2 heterocycles. The predicted molar refractivity (Wildman–Crippen MR) is 125 cm³/mol. The summed E-state index contributed by atoms with van der Waals surface area (Å²) in [4.78, 5) is 27.3. The molecule has 194 valence electrons. The molecule has 0 bridgehead atoms. The van der Waals surface area contributed by atoms with Crippen molar-refractivity contribution in [2.75, 3.05) is 32.8 Å². The standard InChI is InChI=1S/C26H29F3N2O5/c27-26(28,29)19-6-3-17(4-7-19)21(32)8-10-24(33)30-20(16-31-11-1-2-12-31)25(34)18-5-9-22-23(15-18)36-14-13-35-22/h3-7,9,15,20,25,34H,1-2,8,10-14,16H2,(H,30,33)/t20-,25?/m1/s1. The maximum Gasteiger partial charge on any atom is 0.416 e. The van der Waals surface area contributed by atoms with Crippen molar-refractivity contribution in [2.24, 2.45) is 0 Å². The van der Waals surface area contributed by atoms with Crippen molar-refractivity contribution in [3.8, 4) is 11.5 Å². The van der Waals surface area contributed by atoms with E-state index < -0.39 is 35.6 Å². The number of rotatable bonds is 9. The van der Waals surface area contributed by atoms with E-state index in [2.05, 4.69) is 10.2 Å². The first kappa shape index (κ1) is 26.0. The molecule has 0 aliphatic carbocycles. The van der Waals surface area contributed by atoms with Crippen molar-refractivity contribution >= 4 is 11.7 Å². The number of nitrogens with one attached hydrogen (secondary N) is 1. The highest BCUT2D eigenvalue weighted by atomic mass is 19.4. The lowest BCUT2D eigenvalue weighted by atomic mass is 10.00. The molecule has 2 aromatic rings. The van der Waals surface area contributed by atoms with Gasteiger partial charge in [0.2, 0.25) is 5.91 Å². The van der Waals surface area contributed by atoms with Gasteiger partial charge in [0, 0.05) is 24.9 Å². The molecule has 2 atom stereocenters. The van der Waals surface area contributed by atoms with Gasteiger partial charge in [0.25, 0.3) is 0 Å². The lowest BCUT2D eigenvalue weighted by Gasteiger charge is -2.29. The molecule has 36 heavy (non-hydrogen) atoms. The van der Waals surface area contributed by atoms with Crippen LogP contribution < -0.4 is 14.8 Å². The predicted octanol–water partition coefficient (Wildman–Crippen LogP) is 3.75. The molecule has 4 rings (SSSR count). The van der Waals surface area contributed by atoms with Crippen LogP contribution in [0.5, 0.6) is 11.5 Å². The number of carbonyl (C=O) groups is 2. The van der Waals surface area contributed by atoms with E-state index in [1.165, 1.54) is 0 Å². The molecule has 2 aromatic carbocycles. The molecule has 1 saturated heterocycles. The van der Waals surface area contributed by atoms with Crippen LogP contribution >= 0.6 is 0 Å². The number of hydrogen-bond acceptors (Lipinski definition) is 6. The Balaban J connectivity index is 1.39. The number of carbonyl (C=O) groups excluding carboxylic acids is 2. The van der Waals surface area contributed by atoms with Crippen LogP contribution in [0.4, 0.5) is 13.2 Å². The Kier molecular flexibility index (Phi) is 8.15. The largest absolute Gasteiger partial charge is 0.486 e. The summed E-state index contributed by atoms with van der Waals surface area (Å²) in [6.45, 7) is 3.04. The van der Waals surface area contributed by atoms with E-state index in [1.807, 2.05) is 0 Å². The zero-order valence-electron chi connectivity index (χ0n) is 19.7. The first-order valence-electron chi connectivity index (χ1n) is 12.0. The summed E-state index contributed by atoms with van der Waals surface area (Å²) in [6, 6.07) is 8.47. The number of benzene rings is 2. The molecule has 7 nitrogen and oxygen atoms in total. The molecule has 0 spiro atoms. The zero-order chi connectivity index (χ0) is 25.7. The monoisotopic (exact) mass is 506 g/mol. The van der Waals surface area contributed by atoms with Gasteiger partial charge in [-0.15, -0.1) is 0 Å². The van der Waals surface area contributed by atoms with Crippen LogP contribution in [0.1, 0.15) is 53.3 Å². The third kappa shape index (κ3) is 6.55. The Morgan fingerprint density at radius 3 is 2.31 bits per heavy atom. The van der Waals surface area contributed by atoms with Gasteiger partial charge in [-0.1, -0.05) is 18.2 Å². The molecule has 0 radical (unpaired) electrons. The second-order valence-electron chi connectivity index (χ2n) is 9.03. The lowest BCUT2D eigenvalue weighted by Crippen LogP contribution is -2.46. The molecule has 10 heteroatoms. The van der Waals surface area contributed by atoms with E-state index in [-0.39, 0.29) is 18.4 Å². The quantitative estimate of drug-likeness (QED) is 0.504. The van der Waals surface area contributed by atoms with Crippen molar-refractivity contribution in [3.63, 3.8) is 0 Å². The SMILES string of the molecule is O=C(CCC(=O)c1ccc(C(F)(F)F)cc1)N[C@H](CN1CCCC1)C(O)c1ccc2c(c1)OCCO2. The fraction of sp³-hybridized carbons (Fsp3) is 0.462. The van der Waals surface area contributed by atoms with Crippen LogP contribution in [0.2, 0.25) is 0 Å². The van der Waals surface area contributed by atoms with E-state index in [1.54, 1.807) is 18.2 Å². The molecule has 1 amide bonds. The fourth-order valence-electron chi connectivity index (χ4n) is 4.44. The van der Waals surface area contributed by atoms with Gasteiger partial charge in [-0.3, -0.25) is 9.59 Å². The molecule has 1 unspecified atom stereocenters. The first-order chi connectivity index (χ1) is 17.2. The fourth-order valence-corrected chi connectivity index (χ4v) is 4.44. The van der Waals surface area contributed by atoms with Crippen LogP contribution in [0.15, 0.2) is 42.5 Å². The highest BCUT2D eigenvalue weighted by Crippen LogP contribution is 2.34. The number of nitrogens with zero attached hydrogens (tertiary/aromatic N) is 1. The Labute approximate surface area is 207 Å². The van der Waals surface area contributed by atoms with Crippen LogP contribution in [-0.4, -0.2) is 60.6 Å². The number of hydrogen-bond donors (Lipinski definition) is 2. The van der Waals surface area contributed by atoms with Gasteiger partial charge in [0.15, 0.2) is 17.3 Å². The maximum atomic E-state index is 12.7. The summed E-state index contributed by atoms with van der Waals surface area (Å²) in [5.74, 6) is 0.281. The smallest absolute Gasteiger partial charge is 0.416 e. The number of ketones is 1. The van der Waals surface area contributed by atoms with Gasteiger partial charge < -0.3 is 24.8 Å². The minimum atomic E-state index is -4.48. The third-order valence-electron chi connectivity index (χ3n) is 6.40. The minimum Gasteiger partial charge on any atom is -0.486 e. The topological polar surface area (TPSA) is 88.1 Å². The Bertz CT molecular complexity index is 1070. The Morgan fingerprint density at radius 1 is 0.972 bits per heavy atom. The van der Waals surface area contributed by atoms with Crippen LogP contribution in [-0.2, 0) is 11.0 Å². The highest BCUT2D eigenvalue weighted by molar-refractivity contribution is 5.98. The Hall–Kier alpha value is -3.11. The number of aliphatic hydroxyl groups is 1. The van der Waals surface area contributed by atoms with Gasteiger partial charge in [0.1, 0.15) is 19.3 Å². The second kappa shape index (κ2) is 11.3. The van der Waals surface area contributed by atoms with E-state index in [4.69, 9.17) is 9.47 Å². The number of alkyl halides is 3. The van der Waals surface area contributed by atoms with Gasteiger partial charge in [-0.2, -0.15) is 13.2 Å². The number of Topliss-reactive ketones (excluding diaryl/α,β-unsaturated/α-hetero) is 1. The zero-order valence-corrected chi connectivity index (χ0v) is 19.7. The molecule has 1 fully saturated rings. The van der Waals surface area contributed by atoms with Crippen LogP contribution in [0, 0.1) is 0 Å².